The van der Waals surface area contributed by atoms with Gasteiger partial charge < -0.3 is 24.4 Å². The molecule has 0 bridgehead atoms. The highest BCUT2D eigenvalue weighted by atomic mass is 16.5. The number of piperidine rings is 1. The highest BCUT2D eigenvalue weighted by Crippen LogP contribution is 2.41. The van der Waals surface area contributed by atoms with E-state index in [1.54, 1.807) is 21.3 Å². The lowest BCUT2D eigenvalue weighted by Gasteiger charge is -2.34. The van der Waals surface area contributed by atoms with Crippen molar-refractivity contribution in [2.45, 2.75) is 25.8 Å². The van der Waals surface area contributed by atoms with Crippen LogP contribution in [0.4, 0.5) is 5.69 Å². The van der Waals surface area contributed by atoms with Crippen molar-refractivity contribution in [3.63, 3.8) is 0 Å². The van der Waals surface area contributed by atoms with E-state index in [4.69, 9.17) is 14.2 Å². The second kappa shape index (κ2) is 7.41. The Morgan fingerprint density at radius 3 is 2.05 bits per heavy atom. The molecule has 0 unspecified atom stereocenters. The number of hydrogen-bond donors (Lipinski definition) is 1. The van der Waals surface area contributed by atoms with Crippen molar-refractivity contribution >= 4 is 5.69 Å². The zero-order chi connectivity index (χ0) is 15.2. The van der Waals surface area contributed by atoms with E-state index in [0.717, 1.165) is 38.2 Å². The summed E-state index contributed by atoms with van der Waals surface area (Å²) >= 11 is 0. The van der Waals surface area contributed by atoms with Crippen molar-refractivity contribution in [2.75, 3.05) is 45.9 Å². The standard InChI is InChI=1S/C16H26N2O3/c1-5-17-12-6-8-18(9-7-12)13-10-14(19-2)16(21-4)15(11-13)20-3/h10-12,17H,5-9H2,1-4H3. The lowest BCUT2D eigenvalue weighted by atomic mass is 10.0. The quantitative estimate of drug-likeness (QED) is 0.872. The maximum absolute atomic E-state index is 5.43. The van der Waals surface area contributed by atoms with Gasteiger partial charge in [0.15, 0.2) is 11.5 Å². The molecule has 1 aromatic rings. The van der Waals surface area contributed by atoms with Gasteiger partial charge in [-0.1, -0.05) is 6.92 Å². The summed E-state index contributed by atoms with van der Waals surface area (Å²) in [5.74, 6) is 2.06. The smallest absolute Gasteiger partial charge is 0.203 e. The van der Waals surface area contributed by atoms with Crippen molar-refractivity contribution in [2.24, 2.45) is 0 Å². The van der Waals surface area contributed by atoms with E-state index in [1.807, 2.05) is 12.1 Å². The van der Waals surface area contributed by atoms with Crippen LogP contribution in [-0.4, -0.2) is 47.0 Å². The topological polar surface area (TPSA) is 43.0 Å². The van der Waals surface area contributed by atoms with Crippen molar-refractivity contribution < 1.29 is 14.2 Å². The van der Waals surface area contributed by atoms with E-state index in [-0.39, 0.29) is 0 Å². The van der Waals surface area contributed by atoms with E-state index < -0.39 is 0 Å². The molecule has 118 valence electrons. The van der Waals surface area contributed by atoms with Gasteiger partial charge in [0.05, 0.1) is 21.3 Å². The van der Waals surface area contributed by atoms with Crippen LogP contribution in [0.15, 0.2) is 12.1 Å². The van der Waals surface area contributed by atoms with Gasteiger partial charge >= 0.3 is 0 Å². The first-order valence-electron chi connectivity index (χ1n) is 7.51. The van der Waals surface area contributed by atoms with Crippen LogP contribution in [0.25, 0.3) is 0 Å². The number of nitrogens with zero attached hydrogens (tertiary/aromatic N) is 1. The van der Waals surface area contributed by atoms with E-state index in [9.17, 15) is 0 Å². The van der Waals surface area contributed by atoms with Crippen molar-refractivity contribution in [3.05, 3.63) is 12.1 Å². The number of hydrogen-bond acceptors (Lipinski definition) is 5. The summed E-state index contributed by atoms with van der Waals surface area (Å²) in [6.45, 7) is 5.27. The number of rotatable bonds is 6. The minimum absolute atomic E-state index is 0.633. The van der Waals surface area contributed by atoms with E-state index in [2.05, 4.69) is 17.1 Å². The molecule has 1 saturated heterocycles. The van der Waals surface area contributed by atoms with Crippen molar-refractivity contribution in [3.8, 4) is 17.2 Å². The van der Waals surface area contributed by atoms with E-state index >= 15 is 0 Å². The van der Waals surface area contributed by atoms with Crippen LogP contribution in [0.3, 0.4) is 0 Å². The van der Waals surface area contributed by atoms with Gasteiger partial charge in [0.25, 0.3) is 0 Å². The molecule has 1 fully saturated rings. The molecule has 0 spiro atoms. The maximum Gasteiger partial charge on any atom is 0.203 e. The third kappa shape index (κ3) is 3.53. The molecular weight excluding hydrogens is 268 g/mol. The van der Waals surface area contributed by atoms with Crippen LogP contribution in [0.2, 0.25) is 0 Å². The van der Waals surface area contributed by atoms with Crippen LogP contribution in [0, 0.1) is 0 Å². The Morgan fingerprint density at radius 1 is 1.05 bits per heavy atom. The van der Waals surface area contributed by atoms with Gasteiger partial charge in [-0.3, -0.25) is 0 Å². The average Bonchev–Trinajstić information content (AvgIpc) is 2.54. The zero-order valence-corrected chi connectivity index (χ0v) is 13.4. The SMILES string of the molecule is CCNC1CCN(c2cc(OC)c(OC)c(OC)c2)CC1. The Labute approximate surface area is 127 Å². The minimum Gasteiger partial charge on any atom is -0.493 e. The lowest BCUT2D eigenvalue weighted by Crippen LogP contribution is -2.42. The number of anilines is 1. The molecular formula is C16H26N2O3. The molecule has 0 aliphatic carbocycles. The summed E-state index contributed by atoms with van der Waals surface area (Å²) in [6.07, 6.45) is 2.31. The second-order valence-corrected chi connectivity index (χ2v) is 5.20. The average molecular weight is 294 g/mol. The molecule has 0 saturated carbocycles. The lowest BCUT2D eigenvalue weighted by molar-refractivity contribution is 0.324. The first kappa shape index (κ1) is 15.8. The molecule has 0 atom stereocenters. The maximum atomic E-state index is 5.43. The van der Waals surface area contributed by atoms with Crippen molar-refractivity contribution in [1.29, 1.82) is 0 Å². The molecule has 0 amide bonds. The number of methoxy groups -OCH3 is 3. The largest absolute Gasteiger partial charge is 0.493 e. The number of benzene rings is 1. The second-order valence-electron chi connectivity index (χ2n) is 5.20. The van der Waals surface area contributed by atoms with Gasteiger partial charge in [-0.05, 0) is 19.4 Å². The minimum atomic E-state index is 0.633. The first-order chi connectivity index (χ1) is 10.2. The van der Waals surface area contributed by atoms with Crippen LogP contribution >= 0.6 is 0 Å². The van der Waals surface area contributed by atoms with Gasteiger partial charge in [-0.2, -0.15) is 0 Å². The predicted octanol–water partition coefficient (Wildman–Crippen LogP) is 2.29. The summed E-state index contributed by atoms with van der Waals surface area (Å²) < 4.78 is 16.2. The third-order valence-electron chi connectivity index (χ3n) is 4.00. The molecule has 0 aromatic heterocycles. The molecule has 2 rings (SSSR count). The molecule has 1 aliphatic rings. The number of nitrogens with one attached hydrogen (secondary N) is 1. The fourth-order valence-corrected chi connectivity index (χ4v) is 2.88. The predicted molar refractivity (Wildman–Crippen MR) is 85.0 cm³/mol. The zero-order valence-electron chi connectivity index (χ0n) is 13.4. The summed E-state index contributed by atoms with van der Waals surface area (Å²) in [5, 5.41) is 3.52. The Hall–Kier alpha value is -1.62. The van der Waals surface area contributed by atoms with Crippen LogP contribution in [-0.2, 0) is 0 Å². The molecule has 5 heteroatoms. The third-order valence-corrected chi connectivity index (χ3v) is 4.00. The van der Waals surface area contributed by atoms with Crippen LogP contribution in [0.1, 0.15) is 19.8 Å². The number of ether oxygens (including phenoxy) is 3. The van der Waals surface area contributed by atoms with Gasteiger partial charge in [0.2, 0.25) is 5.75 Å². The van der Waals surface area contributed by atoms with Gasteiger partial charge in [-0.15, -0.1) is 0 Å². The summed E-state index contributed by atoms with van der Waals surface area (Å²) in [4.78, 5) is 2.37. The fraction of sp³-hybridized carbons (Fsp3) is 0.625. The van der Waals surface area contributed by atoms with E-state index in [0.29, 0.717) is 23.3 Å². The first-order valence-corrected chi connectivity index (χ1v) is 7.51. The summed E-state index contributed by atoms with van der Waals surface area (Å²) in [6, 6.07) is 4.68. The molecule has 5 nitrogen and oxygen atoms in total. The molecule has 1 N–H and O–H groups in total. The molecule has 1 aliphatic heterocycles. The Kier molecular flexibility index (Phi) is 5.56. The Balaban J connectivity index is 2.17. The van der Waals surface area contributed by atoms with Gasteiger partial charge in [0.1, 0.15) is 0 Å². The van der Waals surface area contributed by atoms with Crippen LogP contribution < -0.4 is 24.4 Å². The fourth-order valence-electron chi connectivity index (χ4n) is 2.88. The van der Waals surface area contributed by atoms with Gasteiger partial charge in [-0.25, -0.2) is 0 Å². The summed E-state index contributed by atoms with van der Waals surface area (Å²) in [7, 11) is 4.93. The summed E-state index contributed by atoms with van der Waals surface area (Å²) in [5.41, 5.74) is 1.12. The monoisotopic (exact) mass is 294 g/mol. The van der Waals surface area contributed by atoms with Crippen molar-refractivity contribution in [1.82, 2.24) is 5.32 Å². The highest BCUT2D eigenvalue weighted by Gasteiger charge is 2.21. The van der Waals surface area contributed by atoms with Gasteiger partial charge in [0, 0.05) is 37.0 Å². The molecule has 0 radical (unpaired) electrons. The molecule has 1 aromatic carbocycles. The molecule has 21 heavy (non-hydrogen) atoms. The normalized spacial score (nSPS) is 15.9. The van der Waals surface area contributed by atoms with E-state index in [1.165, 1.54) is 0 Å². The van der Waals surface area contributed by atoms with Crippen LogP contribution in [0.5, 0.6) is 17.2 Å². The highest BCUT2D eigenvalue weighted by molar-refractivity contribution is 5.63. The Bertz CT molecular complexity index is 432. The Morgan fingerprint density at radius 2 is 1.62 bits per heavy atom. The molecule has 1 heterocycles.